The van der Waals surface area contributed by atoms with Gasteiger partial charge in [0.25, 0.3) is 0 Å². The molecule has 0 atom stereocenters. The number of morpholine rings is 1. The fraction of sp³-hybridized carbons (Fsp3) is 0.474. The average molecular weight is 501 g/mol. The molecule has 0 amide bonds. The third-order valence-corrected chi connectivity index (χ3v) is 5.55. The maximum atomic E-state index is 5.41. The Hall–Kier alpha value is -1.39. The van der Waals surface area contributed by atoms with Crippen molar-refractivity contribution >= 4 is 47.0 Å². The number of guanidine groups is 1. The topological polar surface area (TPSA) is 61.8 Å². The van der Waals surface area contributed by atoms with Crippen molar-refractivity contribution in [3.05, 3.63) is 45.4 Å². The molecule has 8 heteroatoms. The molecule has 0 aliphatic carbocycles. The van der Waals surface area contributed by atoms with E-state index in [1.807, 2.05) is 6.92 Å². The number of hydrogen-bond acceptors (Lipinski definition) is 5. The zero-order chi connectivity index (χ0) is 18.4. The van der Waals surface area contributed by atoms with Gasteiger partial charge in [-0.1, -0.05) is 12.1 Å². The first kappa shape index (κ1) is 21.9. The lowest BCUT2D eigenvalue weighted by Gasteiger charge is -2.28. The molecule has 6 nitrogen and oxygen atoms in total. The number of hydrogen-bond donors (Lipinski definition) is 2. The Kier molecular flexibility index (Phi) is 8.78. The highest BCUT2D eigenvalue weighted by Gasteiger charge is 2.11. The summed E-state index contributed by atoms with van der Waals surface area (Å²) < 4.78 is 5.41. The largest absolute Gasteiger partial charge is 0.378 e. The van der Waals surface area contributed by atoms with Crippen LogP contribution in [0.25, 0.3) is 0 Å². The summed E-state index contributed by atoms with van der Waals surface area (Å²) in [5.74, 6) is 0.785. The van der Waals surface area contributed by atoms with Gasteiger partial charge < -0.3 is 20.3 Å². The molecule has 1 aliphatic rings. The Labute approximate surface area is 182 Å². The van der Waals surface area contributed by atoms with Gasteiger partial charge >= 0.3 is 0 Å². The molecule has 2 heterocycles. The Balaban J connectivity index is 0.00000261. The number of aliphatic imine (C=N–C) groups is 1. The van der Waals surface area contributed by atoms with Gasteiger partial charge in [-0.15, -0.1) is 35.3 Å². The third-order valence-electron chi connectivity index (χ3n) is 4.48. The SMILES string of the molecule is CN=C(NCc1ccc(N2CCOCC2)cc1)NCc1nc(C)c(C)s1.I. The molecule has 1 aromatic carbocycles. The van der Waals surface area contributed by atoms with Gasteiger partial charge in [-0.25, -0.2) is 4.98 Å². The molecule has 1 aliphatic heterocycles. The summed E-state index contributed by atoms with van der Waals surface area (Å²) in [6, 6.07) is 8.69. The zero-order valence-electron chi connectivity index (χ0n) is 16.1. The van der Waals surface area contributed by atoms with E-state index in [2.05, 4.69) is 56.7 Å². The van der Waals surface area contributed by atoms with Gasteiger partial charge in [0.2, 0.25) is 0 Å². The first-order valence-electron chi connectivity index (χ1n) is 8.95. The summed E-state index contributed by atoms with van der Waals surface area (Å²) in [5.41, 5.74) is 3.59. The quantitative estimate of drug-likeness (QED) is 0.375. The minimum absolute atomic E-state index is 0. The smallest absolute Gasteiger partial charge is 0.191 e. The van der Waals surface area contributed by atoms with E-state index in [1.54, 1.807) is 18.4 Å². The summed E-state index contributed by atoms with van der Waals surface area (Å²) in [7, 11) is 1.79. The molecule has 0 bridgehead atoms. The van der Waals surface area contributed by atoms with Crippen LogP contribution in [0.15, 0.2) is 29.3 Å². The summed E-state index contributed by atoms with van der Waals surface area (Å²) >= 11 is 1.73. The predicted octanol–water partition coefficient (Wildman–Crippen LogP) is 3.08. The molecule has 148 valence electrons. The number of anilines is 1. The second-order valence-corrected chi connectivity index (χ2v) is 7.58. The second kappa shape index (κ2) is 10.8. The van der Waals surface area contributed by atoms with E-state index in [0.717, 1.165) is 49.5 Å². The Morgan fingerprint density at radius 2 is 1.81 bits per heavy atom. The zero-order valence-corrected chi connectivity index (χ0v) is 19.3. The van der Waals surface area contributed by atoms with Crippen molar-refractivity contribution in [2.24, 2.45) is 4.99 Å². The molecule has 0 saturated carbocycles. The molecule has 0 spiro atoms. The van der Waals surface area contributed by atoms with Crippen LogP contribution in [-0.4, -0.2) is 44.3 Å². The van der Waals surface area contributed by atoms with E-state index in [-0.39, 0.29) is 24.0 Å². The van der Waals surface area contributed by atoms with Crippen LogP contribution < -0.4 is 15.5 Å². The monoisotopic (exact) mass is 501 g/mol. The summed E-state index contributed by atoms with van der Waals surface area (Å²) in [6.45, 7) is 9.11. The fourth-order valence-corrected chi connectivity index (χ4v) is 3.70. The standard InChI is InChI=1S/C19H27N5OS.HI/c1-14-15(2)26-18(23-14)13-22-19(20-3)21-12-16-4-6-17(7-5-16)24-8-10-25-11-9-24;/h4-7H,8-13H2,1-3H3,(H2,20,21,22);1H. The van der Waals surface area contributed by atoms with Crippen molar-refractivity contribution in [2.45, 2.75) is 26.9 Å². The van der Waals surface area contributed by atoms with Crippen molar-refractivity contribution < 1.29 is 4.74 Å². The normalized spacial score (nSPS) is 14.6. The lowest BCUT2D eigenvalue weighted by atomic mass is 10.2. The average Bonchev–Trinajstić information content (AvgIpc) is 3.01. The van der Waals surface area contributed by atoms with Gasteiger partial charge in [0.05, 0.1) is 25.5 Å². The lowest BCUT2D eigenvalue weighted by molar-refractivity contribution is 0.122. The molecule has 2 N–H and O–H groups in total. The van der Waals surface area contributed by atoms with Crippen LogP contribution in [0.3, 0.4) is 0 Å². The molecular formula is C19H28IN5OS. The highest BCUT2D eigenvalue weighted by Crippen LogP contribution is 2.17. The van der Waals surface area contributed by atoms with Crippen LogP contribution in [0.1, 0.15) is 21.1 Å². The Bertz CT molecular complexity index is 722. The maximum Gasteiger partial charge on any atom is 0.191 e. The van der Waals surface area contributed by atoms with Gasteiger partial charge in [0.15, 0.2) is 5.96 Å². The van der Waals surface area contributed by atoms with Gasteiger partial charge in [0.1, 0.15) is 5.01 Å². The number of aryl methyl sites for hydroxylation is 2. The highest BCUT2D eigenvalue weighted by atomic mass is 127. The molecule has 1 fully saturated rings. The van der Waals surface area contributed by atoms with E-state index < -0.39 is 0 Å². The van der Waals surface area contributed by atoms with Crippen LogP contribution in [0.5, 0.6) is 0 Å². The number of halogens is 1. The fourth-order valence-electron chi connectivity index (χ4n) is 2.83. The molecular weight excluding hydrogens is 473 g/mol. The number of ether oxygens (including phenoxy) is 1. The number of nitrogens with one attached hydrogen (secondary N) is 2. The molecule has 0 unspecified atom stereocenters. The minimum atomic E-state index is 0. The van der Waals surface area contributed by atoms with Crippen molar-refractivity contribution in [3.8, 4) is 0 Å². The molecule has 1 saturated heterocycles. The summed E-state index contributed by atoms with van der Waals surface area (Å²) in [4.78, 5) is 12.5. The number of thiazole rings is 1. The Morgan fingerprint density at radius 3 is 2.41 bits per heavy atom. The molecule has 2 aromatic rings. The number of nitrogens with zero attached hydrogens (tertiary/aromatic N) is 3. The second-order valence-electron chi connectivity index (χ2n) is 6.29. The molecule has 1 aromatic heterocycles. The van der Waals surface area contributed by atoms with Crippen LogP contribution in [0, 0.1) is 13.8 Å². The van der Waals surface area contributed by atoms with Gasteiger partial charge in [-0.2, -0.15) is 0 Å². The van der Waals surface area contributed by atoms with E-state index in [0.29, 0.717) is 6.54 Å². The van der Waals surface area contributed by atoms with Crippen LogP contribution in [-0.2, 0) is 17.8 Å². The van der Waals surface area contributed by atoms with E-state index >= 15 is 0 Å². The predicted molar refractivity (Wildman–Crippen MR) is 124 cm³/mol. The van der Waals surface area contributed by atoms with Gasteiger partial charge in [0, 0.05) is 37.2 Å². The van der Waals surface area contributed by atoms with Crippen LogP contribution in [0.2, 0.25) is 0 Å². The maximum absolute atomic E-state index is 5.41. The van der Waals surface area contributed by atoms with Crippen molar-refractivity contribution in [3.63, 3.8) is 0 Å². The van der Waals surface area contributed by atoms with E-state index in [1.165, 1.54) is 16.1 Å². The highest BCUT2D eigenvalue weighted by molar-refractivity contribution is 14.0. The summed E-state index contributed by atoms with van der Waals surface area (Å²) in [5, 5.41) is 7.76. The van der Waals surface area contributed by atoms with Crippen LogP contribution in [0.4, 0.5) is 5.69 Å². The van der Waals surface area contributed by atoms with E-state index in [4.69, 9.17) is 4.74 Å². The van der Waals surface area contributed by atoms with Gasteiger partial charge in [-0.3, -0.25) is 4.99 Å². The first-order chi connectivity index (χ1) is 12.7. The summed E-state index contributed by atoms with van der Waals surface area (Å²) in [6.07, 6.45) is 0. The number of rotatable bonds is 5. The first-order valence-corrected chi connectivity index (χ1v) is 9.76. The number of aromatic nitrogens is 1. The van der Waals surface area contributed by atoms with Crippen LogP contribution >= 0.6 is 35.3 Å². The van der Waals surface area contributed by atoms with Crippen molar-refractivity contribution in [1.82, 2.24) is 15.6 Å². The van der Waals surface area contributed by atoms with E-state index in [9.17, 15) is 0 Å². The lowest BCUT2D eigenvalue weighted by Crippen LogP contribution is -2.36. The Morgan fingerprint density at radius 1 is 1.15 bits per heavy atom. The molecule has 0 radical (unpaired) electrons. The third kappa shape index (κ3) is 6.32. The van der Waals surface area contributed by atoms with Crippen molar-refractivity contribution in [1.29, 1.82) is 0 Å². The molecule has 3 rings (SSSR count). The minimum Gasteiger partial charge on any atom is -0.378 e. The van der Waals surface area contributed by atoms with Gasteiger partial charge in [-0.05, 0) is 31.5 Å². The van der Waals surface area contributed by atoms with Crippen molar-refractivity contribution in [2.75, 3.05) is 38.3 Å². The molecule has 27 heavy (non-hydrogen) atoms. The number of benzene rings is 1.